The first-order valence-electron chi connectivity index (χ1n) is 8.91. The van der Waals surface area contributed by atoms with E-state index in [2.05, 4.69) is 24.0 Å². The molecule has 1 fully saturated rings. The van der Waals surface area contributed by atoms with Gasteiger partial charge in [-0.1, -0.05) is 30.3 Å². The fourth-order valence-corrected chi connectivity index (χ4v) is 3.29. The molecule has 2 heterocycles. The maximum Gasteiger partial charge on any atom is 0.271 e. The van der Waals surface area contributed by atoms with E-state index >= 15 is 0 Å². The Bertz CT molecular complexity index is 677. The second-order valence-corrected chi connectivity index (χ2v) is 6.68. The van der Waals surface area contributed by atoms with Crippen molar-refractivity contribution in [1.82, 2.24) is 14.4 Å². The van der Waals surface area contributed by atoms with E-state index in [-0.39, 0.29) is 11.9 Å². The molecule has 1 amide bonds. The number of hydrogen-bond donors (Lipinski definition) is 0. The van der Waals surface area contributed by atoms with Crippen LogP contribution in [0.25, 0.3) is 0 Å². The number of rotatable bonds is 6. The molecule has 1 saturated heterocycles. The molecule has 0 N–H and O–H groups in total. The van der Waals surface area contributed by atoms with E-state index in [1.807, 2.05) is 53.0 Å². The molecular formula is C20H27N3O2. The van der Waals surface area contributed by atoms with Gasteiger partial charge < -0.3 is 14.2 Å². The van der Waals surface area contributed by atoms with Crippen molar-refractivity contribution in [3.8, 4) is 0 Å². The highest BCUT2D eigenvalue weighted by Gasteiger charge is 2.25. The topological polar surface area (TPSA) is 37.7 Å². The van der Waals surface area contributed by atoms with Crippen molar-refractivity contribution in [3.63, 3.8) is 0 Å². The summed E-state index contributed by atoms with van der Waals surface area (Å²) in [6.45, 7) is 7.04. The van der Waals surface area contributed by atoms with Crippen LogP contribution in [0.5, 0.6) is 0 Å². The van der Waals surface area contributed by atoms with Crippen molar-refractivity contribution < 1.29 is 9.53 Å². The summed E-state index contributed by atoms with van der Waals surface area (Å²) in [5.41, 5.74) is 1.88. The van der Waals surface area contributed by atoms with Crippen LogP contribution in [0.15, 0.2) is 48.7 Å². The number of hydrogen-bond acceptors (Lipinski definition) is 3. The zero-order chi connectivity index (χ0) is 17.6. The lowest BCUT2D eigenvalue weighted by atomic mass is 10.1. The van der Waals surface area contributed by atoms with Crippen LogP contribution in [0.3, 0.4) is 0 Å². The van der Waals surface area contributed by atoms with Gasteiger partial charge in [-0.05, 0) is 24.6 Å². The third kappa shape index (κ3) is 4.50. The van der Waals surface area contributed by atoms with Gasteiger partial charge in [-0.3, -0.25) is 9.69 Å². The lowest BCUT2D eigenvalue weighted by Gasteiger charge is -2.35. The SMILES string of the molecule is CC(CN1CCOCC1)N(Cc1ccccc1)C(=O)c1cccn1C. The predicted molar refractivity (Wildman–Crippen MR) is 98.4 cm³/mol. The molecule has 0 bridgehead atoms. The molecule has 1 aromatic heterocycles. The Balaban J connectivity index is 1.77. The van der Waals surface area contributed by atoms with E-state index in [1.54, 1.807) is 0 Å². The average Bonchev–Trinajstić information content (AvgIpc) is 3.07. The molecule has 1 unspecified atom stereocenters. The van der Waals surface area contributed by atoms with Crippen molar-refractivity contribution in [2.24, 2.45) is 7.05 Å². The molecule has 3 rings (SSSR count). The van der Waals surface area contributed by atoms with E-state index in [9.17, 15) is 4.79 Å². The molecule has 5 nitrogen and oxygen atoms in total. The van der Waals surface area contributed by atoms with Crippen LogP contribution in [-0.4, -0.2) is 59.2 Å². The summed E-state index contributed by atoms with van der Waals surface area (Å²) in [5.74, 6) is 0.0807. The van der Waals surface area contributed by atoms with Gasteiger partial charge in [0, 0.05) is 45.5 Å². The normalized spacial score (nSPS) is 16.6. The number of carbonyl (C=O) groups is 1. The monoisotopic (exact) mass is 341 g/mol. The number of aromatic nitrogens is 1. The number of morpholine rings is 1. The van der Waals surface area contributed by atoms with Crippen molar-refractivity contribution in [1.29, 1.82) is 0 Å². The zero-order valence-corrected chi connectivity index (χ0v) is 15.1. The highest BCUT2D eigenvalue weighted by atomic mass is 16.5. The third-order valence-electron chi connectivity index (χ3n) is 4.78. The fraction of sp³-hybridized carbons (Fsp3) is 0.450. The van der Waals surface area contributed by atoms with Crippen molar-refractivity contribution in [2.45, 2.75) is 19.5 Å². The first-order valence-corrected chi connectivity index (χ1v) is 8.91. The quantitative estimate of drug-likeness (QED) is 0.810. The van der Waals surface area contributed by atoms with E-state index in [0.717, 1.165) is 44.1 Å². The van der Waals surface area contributed by atoms with E-state index < -0.39 is 0 Å². The molecule has 134 valence electrons. The predicted octanol–water partition coefficient (Wildman–Crippen LogP) is 2.39. The van der Waals surface area contributed by atoms with Gasteiger partial charge in [-0.25, -0.2) is 0 Å². The van der Waals surface area contributed by atoms with Gasteiger partial charge in [0.05, 0.1) is 13.2 Å². The smallest absolute Gasteiger partial charge is 0.271 e. The molecular weight excluding hydrogens is 314 g/mol. The molecule has 0 spiro atoms. The minimum atomic E-state index is 0.0807. The summed E-state index contributed by atoms with van der Waals surface area (Å²) in [5, 5.41) is 0. The molecule has 5 heteroatoms. The Hall–Kier alpha value is -2.11. The summed E-state index contributed by atoms with van der Waals surface area (Å²) < 4.78 is 7.32. The number of nitrogens with zero attached hydrogens (tertiary/aromatic N) is 3. The molecule has 1 atom stereocenters. The molecule has 25 heavy (non-hydrogen) atoms. The van der Waals surface area contributed by atoms with Gasteiger partial charge in [0.2, 0.25) is 0 Å². The first-order chi connectivity index (χ1) is 12.1. The lowest BCUT2D eigenvalue weighted by Crippen LogP contribution is -2.48. The van der Waals surface area contributed by atoms with Crippen LogP contribution in [0, 0.1) is 0 Å². The van der Waals surface area contributed by atoms with Crippen molar-refractivity contribution in [3.05, 3.63) is 59.9 Å². The van der Waals surface area contributed by atoms with Gasteiger partial charge in [-0.15, -0.1) is 0 Å². The van der Waals surface area contributed by atoms with Gasteiger partial charge in [-0.2, -0.15) is 0 Å². The Morgan fingerprint density at radius 1 is 1.16 bits per heavy atom. The second kappa shape index (κ2) is 8.32. The Kier molecular flexibility index (Phi) is 5.89. The van der Waals surface area contributed by atoms with E-state index in [0.29, 0.717) is 6.54 Å². The third-order valence-corrected chi connectivity index (χ3v) is 4.78. The largest absolute Gasteiger partial charge is 0.379 e. The number of aryl methyl sites for hydroxylation is 1. The second-order valence-electron chi connectivity index (χ2n) is 6.68. The van der Waals surface area contributed by atoms with Gasteiger partial charge in [0.15, 0.2) is 0 Å². The molecule has 1 aliphatic heterocycles. The standard InChI is InChI=1S/C20H27N3O2/c1-17(15-22-11-13-25-14-12-22)23(16-18-7-4-3-5-8-18)20(24)19-9-6-10-21(19)2/h3-10,17H,11-16H2,1-2H3. The Labute approximate surface area is 149 Å². The summed E-state index contributed by atoms with van der Waals surface area (Å²) >= 11 is 0. The maximum atomic E-state index is 13.2. The number of benzene rings is 1. The van der Waals surface area contributed by atoms with Crippen LogP contribution in [-0.2, 0) is 18.3 Å². The zero-order valence-electron chi connectivity index (χ0n) is 15.1. The number of carbonyl (C=O) groups excluding carboxylic acids is 1. The minimum absolute atomic E-state index is 0.0807. The summed E-state index contributed by atoms with van der Waals surface area (Å²) in [4.78, 5) is 17.5. The van der Waals surface area contributed by atoms with Crippen LogP contribution < -0.4 is 0 Å². The molecule has 0 saturated carbocycles. The van der Waals surface area contributed by atoms with Crippen LogP contribution in [0.2, 0.25) is 0 Å². The highest BCUT2D eigenvalue weighted by molar-refractivity contribution is 5.93. The van der Waals surface area contributed by atoms with Crippen LogP contribution >= 0.6 is 0 Å². The lowest BCUT2D eigenvalue weighted by molar-refractivity contribution is 0.0226. The van der Waals surface area contributed by atoms with Crippen LogP contribution in [0.4, 0.5) is 0 Å². The van der Waals surface area contributed by atoms with Crippen LogP contribution in [0.1, 0.15) is 23.0 Å². The Morgan fingerprint density at radius 2 is 1.88 bits per heavy atom. The van der Waals surface area contributed by atoms with Crippen molar-refractivity contribution >= 4 is 5.91 Å². The van der Waals surface area contributed by atoms with E-state index in [1.165, 1.54) is 0 Å². The fourth-order valence-electron chi connectivity index (χ4n) is 3.29. The van der Waals surface area contributed by atoms with Crippen molar-refractivity contribution in [2.75, 3.05) is 32.8 Å². The maximum absolute atomic E-state index is 13.2. The summed E-state index contributed by atoms with van der Waals surface area (Å²) in [6, 6.07) is 14.1. The Morgan fingerprint density at radius 3 is 2.52 bits per heavy atom. The summed E-state index contributed by atoms with van der Waals surface area (Å²) in [6.07, 6.45) is 1.92. The molecule has 0 aliphatic carbocycles. The summed E-state index contributed by atoms with van der Waals surface area (Å²) in [7, 11) is 1.92. The first kappa shape index (κ1) is 17.7. The van der Waals surface area contributed by atoms with Gasteiger partial charge >= 0.3 is 0 Å². The molecule has 1 aromatic carbocycles. The number of ether oxygens (including phenoxy) is 1. The highest BCUT2D eigenvalue weighted by Crippen LogP contribution is 2.15. The van der Waals surface area contributed by atoms with Gasteiger partial charge in [0.25, 0.3) is 5.91 Å². The minimum Gasteiger partial charge on any atom is -0.379 e. The van der Waals surface area contributed by atoms with Gasteiger partial charge in [0.1, 0.15) is 5.69 Å². The number of amides is 1. The molecule has 2 aromatic rings. The average molecular weight is 341 g/mol. The molecule has 1 aliphatic rings. The molecule has 0 radical (unpaired) electrons. The van der Waals surface area contributed by atoms with E-state index in [4.69, 9.17) is 4.74 Å².